The highest BCUT2D eigenvalue weighted by Crippen LogP contribution is 2.11. The second-order valence-electron chi connectivity index (χ2n) is 1.94. The van der Waals surface area contributed by atoms with Crippen molar-refractivity contribution in [3.63, 3.8) is 0 Å². The zero-order valence-corrected chi connectivity index (χ0v) is 8.70. The van der Waals surface area contributed by atoms with Gasteiger partial charge in [0.2, 0.25) is 0 Å². The van der Waals surface area contributed by atoms with E-state index in [2.05, 4.69) is 4.98 Å². The Bertz CT molecular complexity index is 186. The zero-order valence-electron chi connectivity index (χ0n) is 7.88. The van der Waals surface area contributed by atoms with Crippen molar-refractivity contribution < 1.29 is 0 Å². The quantitative estimate of drug-likeness (QED) is 0.606. The van der Waals surface area contributed by atoms with Crippen LogP contribution in [0.15, 0.2) is 11.2 Å². The smallest absolute Gasteiger partial charge is 0.114 e. The SMILES string of the molecule is CC.CSc1cn(C)c(C)n1. The molecule has 0 aromatic carbocycles. The summed E-state index contributed by atoms with van der Waals surface area (Å²) in [5.74, 6) is 1.07. The molecule has 0 aliphatic rings. The minimum absolute atomic E-state index is 1.07. The summed E-state index contributed by atoms with van der Waals surface area (Å²) in [6.07, 6.45) is 4.06. The lowest BCUT2D eigenvalue weighted by Crippen LogP contribution is -1.86. The molecule has 1 heterocycles. The Morgan fingerprint density at radius 2 is 2.00 bits per heavy atom. The monoisotopic (exact) mass is 172 g/mol. The van der Waals surface area contributed by atoms with Gasteiger partial charge in [-0.15, -0.1) is 11.8 Å². The predicted molar refractivity (Wildman–Crippen MR) is 51.1 cm³/mol. The number of aromatic nitrogens is 2. The minimum Gasteiger partial charge on any atom is -0.337 e. The summed E-state index contributed by atoms with van der Waals surface area (Å²) in [4.78, 5) is 4.25. The van der Waals surface area contributed by atoms with Gasteiger partial charge in [0.05, 0.1) is 0 Å². The lowest BCUT2D eigenvalue weighted by atomic mass is 10.7. The van der Waals surface area contributed by atoms with Crippen LogP contribution >= 0.6 is 11.8 Å². The number of rotatable bonds is 1. The molecule has 0 N–H and O–H groups in total. The van der Waals surface area contributed by atoms with Gasteiger partial charge in [-0.2, -0.15) is 0 Å². The van der Waals surface area contributed by atoms with Crippen molar-refractivity contribution in [1.82, 2.24) is 9.55 Å². The first kappa shape index (κ1) is 10.6. The molecule has 0 atom stereocenters. The second kappa shape index (κ2) is 5.24. The van der Waals surface area contributed by atoms with Gasteiger partial charge in [-0.05, 0) is 13.2 Å². The van der Waals surface area contributed by atoms with Crippen molar-refractivity contribution in [3.8, 4) is 0 Å². The van der Waals surface area contributed by atoms with E-state index in [1.807, 2.05) is 44.8 Å². The van der Waals surface area contributed by atoms with E-state index in [-0.39, 0.29) is 0 Å². The maximum Gasteiger partial charge on any atom is 0.114 e. The molecule has 1 aromatic heterocycles. The molecule has 0 bridgehead atoms. The molecule has 11 heavy (non-hydrogen) atoms. The molecular weight excluding hydrogens is 156 g/mol. The molecule has 1 aromatic rings. The molecule has 0 saturated heterocycles. The number of aryl methyl sites for hydroxylation is 2. The highest BCUT2D eigenvalue weighted by molar-refractivity contribution is 7.98. The second-order valence-corrected chi connectivity index (χ2v) is 2.77. The summed E-state index contributed by atoms with van der Waals surface area (Å²) < 4.78 is 2.02. The molecule has 0 amide bonds. The lowest BCUT2D eigenvalue weighted by Gasteiger charge is -1.87. The van der Waals surface area contributed by atoms with Gasteiger partial charge in [0, 0.05) is 13.2 Å². The van der Waals surface area contributed by atoms with Crippen LogP contribution in [0.25, 0.3) is 0 Å². The van der Waals surface area contributed by atoms with Crippen LogP contribution in [-0.4, -0.2) is 15.8 Å². The average Bonchev–Trinajstić information content (AvgIpc) is 2.36. The van der Waals surface area contributed by atoms with E-state index in [4.69, 9.17) is 0 Å². The van der Waals surface area contributed by atoms with Crippen molar-refractivity contribution in [2.24, 2.45) is 7.05 Å². The number of imidazole rings is 1. The third-order valence-corrected chi connectivity index (χ3v) is 1.91. The highest BCUT2D eigenvalue weighted by atomic mass is 32.2. The van der Waals surface area contributed by atoms with Crippen LogP contribution in [-0.2, 0) is 7.05 Å². The summed E-state index contributed by atoms with van der Waals surface area (Å²) in [6, 6.07) is 0. The number of hydrogen-bond donors (Lipinski definition) is 0. The van der Waals surface area contributed by atoms with Crippen LogP contribution in [0.4, 0.5) is 0 Å². The van der Waals surface area contributed by atoms with Gasteiger partial charge in [-0.25, -0.2) is 4.98 Å². The van der Waals surface area contributed by atoms with Crippen molar-refractivity contribution in [1.29, 1.82) is 0 Å². The fraction of sp³-hybridized carbons (Fsp3) is 0.625. The first-order valence-electron chi connectivity index (χ1n) is 3.78. The van der Waals surface area contributed by atoms with Gasteiger partial charge >= 0.3 is 0 Å². The maximum absolute atomic E-state index is 4.25. The summed E-state index contributed by atoms with van der Waals surface area (Å²) in [7, 11) is 2.00. The average molecular weight is 172 g/mol. The molecule has 0 fully saturated rings. The molecule has 64 valence electrons. The predicted octanol–water partition coefficient (Wildman–Crippen LogP) is 2.48. The zero-order chi connectivity index (χ0) is 8.85. The molecule has 0 spiro atoms. The fourth-order valence-electron chi connectivity index (χ4n) is 0.625. The van der Waals surface area contributed by atoms with E-state index in [1.54, 1.807) is 11.8 Å². The first-order valence-corrected chi connectivity index (χ1v) is 5.00. The molecule has 1 rings (SSSR count). The van der Waals surface area contributed by atoms with Crippen LogP contribution in [0.2, 0.25) is 0 Å². The fourth-order valence-corrected chi connectivity index (χ4v) is 1.11. The summed E-state index contributed by atoms with van der Waals surface area (Å²) in [5.41, 5.74) is 0. The lowest BCUT2D eigenvalue weighted by molar-refractivity contribution is 0.858. The van der Waals surface area contributed by atoms with E-state index < -0.39 is 0 Å². The van der Waals surface area contributed by atoms with Gasteiger partial charge in [0.15, 0.2) is 0 Å². The largest absolute Gasteiger partial charge is 0.337 e. The topological polar surface area (TPSA) is 17.8 Å². The Morgan fingerprint density at radius 1 is 1.45 bits per heavy atom. The molecule has 0 aliphatic heterocycles. The number of thioether (sulfide) groups is 1. The van der Waals surface area contributed by atoms with Crippen LogP contribution in [0.5, 0.6) is 0 Å². The van der Waals surface area contributed by atoms with Gasteiger partial charge in [-0.1, -0.05) is 13.8 Å². The Morgan fingerprint density at radius 3 is 2.18 bits per heavy atom. The number of hydrogen-bond acceptors (Lipinski definition) is 2. The van der Waals surface area contributed by atoms with Gasteiger partial charge in [0.1, 0.15) is 10.9 Å². The molecule has 0 aliphatic carbocycles. The Hall–Kier alpha value is -0.440. The Labute approximate surface area is 73.0 Å². The minimum atomic E-state index is 1.07. The van der Waals surface area contributed by atoms with Gasteiger partial charge in [0.25, 0.3) is 0 Å². The van der Waals surface area contributed by atoms with Crippen LogP contribution < -0.4 is 0 Å². The van der Waals surface area contributed by atoms with Crippen LogP contribution in [0, 0.1) is 6.92 Å². The first-order chi connectivity index (χ1) is 5.24. The normalized spacial score (nSPS) is 8.82. The van der Waals surface area contributed by atoms with Crippen molar-refractivity contribution in [3.05, 3.63) is 12.0 Å². The highest BCUT2D eigenvalue weighted by Gasteiger charge is 1.96. The molecule has 2 nitrogen and oxygen atoms in total. The van der Waals surface area contributed by atoms with E-state index >= 15 is 0 Å². The van der Waals surface area contributed by atoms with Gasteiger partial charge in [-0.3, -0.25) is 0 Å². The van der Waals surface area contributed by atoms with Crippen LogP contribution in [0.3, 0.4) is 0 Å². The molecule has 0 radical (unpaired) electrons. The Balaban J connectivity index is 0.000000461. The molecule has 0 saturated carbocycles. The van der Waals surface area contributed by atoms with Crippen molar-refractivity contribution in [2.45, 2.75) is 25.8 Å². The molecule has 3 heteroatoms. The maximum atomic E-state index is 4.25. The third kappa shape index (κ3) is 2.97. The van der Waals surface area contributed by atoms with E-state index in [0.717, 1.165) is 10.9 Å². The molecule has 0 unspecified atom stereocenters. The third-order valence-electron chi connectivity index (χ3n) is 1.30. The van der Waals surface area contributed by atoms with E-state index in [0.29, 0.717) is 0 Å². The molecular formula is C8H16N2S. The standard InChI is InChI=1S/C6H10N2S.C2H6/c1-5-7-6(9-3)4-8(5)2;1-2/h4H,1-3H3;1-2H3. The summed E-state index contributed by atoms with van der Waals surface area (Å²) in [6.45, 7) is 6.00. The van der Waals surface area contributed by atoms with Crippen molar-refractivity contribution >= 4 is 11.8 Å². The van der Waals surface area contributed by atoms with Crippen LogP contribution in [0.1, 0.15) is 19.7 Å². The number of nitrogens with zero attached hydrogens (tertiary/aromatic N) is 2. The summed E-state index contributed by atoms with van der Waals surface area (Å²) >= 11 is 1.67. The van der Waals surface area contributed by atoms with Crippen molar-refractivity contribution in [2.75, 3.05) is 6.26 Å². The Kier molecular flexibility index (Phi) is 5.03. The summed E-state index contributed by atoms with van der Waals surface area (Å²) in [5, 5.41) is 1.09. The van der Waals surface area contributed by atoms with E-state index in [9.17, 15) is 0 Å². The van der Waals surface area contributed by atoms with Gasteiger partial charge < -0.3 is 4.57 Å². The van der Waals surface area contributed by atoms with E-state index in [1.165, 1.54) is 0 Å².